The van der Waals surface area contributed by atoms with Crippen molar-refractivity contribution in [1.82, 2.24) is 0 Å². The number of benzene rings is 2. The van der Waals surface area contributed by atoms with Crippen LogP contribution in [0, 0.1) is 0 Å². The number of amides is 1. The maximum absolute atomic E-state index is 12.1. The number of halogens is 1. The Morgan fingerprint density at radius 3 is 2.80 bits per heavy atom. The molecule has 0 aliphatic carbocycles. The number of hydrogen-bond acceptors (Lipinski definition) is 3. The van der Waals surface area contributed by atoms with E-state index in [1.54, 1.807) is 0 Å². The zero-order valence-corrected chi connectivity index (χ0v) is 12.1. The minimum absolute atomic E-state index is 0.0691. The summed E-state index contributed by atoms with van der Waals surface area (Å²) in [6, 6.07) is 12.6. The zero-order chi connectivity index (χ0) is 14.1. The molecule has 5 heteroatoms. The van der Waals surface area contributed by atoms with Crippen LogP contribution in [-0.4, -0.2) is 11.0 Å². The topological polar surface area (TPSA) is 61.4 Å². The highest BCUT2D eigenvalue weighted by molar-refractivity contribution is 9.10. The second-order valence-corrected chi connectivity index (χ2v) is 5.44. The minimum Gasteiger partial charge on any atom is -0.392 e. The van der Waals surface area contributed by atoms with Crippen molar-refractivity contribution in [2.24, 2.45) is 0 Å². The minimum atomic E-state index is -0.465. The first-order valence-corrected chi connectivity index (χ1v) is 7.04. The number of aliphatic hydroxyl groups excluding tert-OH is 1. The fourth-order valence-electron chi connectivity index (χ4n) is 2.37. The van der Waals surface area contributed by atoms with E-state index in [4.69, 9.17) is 0 Å². The molecule has 1 atom stereocenters. The van der Waals surface area contributed by atoms with Crippen molar-refractivity contribution in [2.75, 3.05) is 10.6 Å². The highest BCUT2D eigenvalue weighted by Crippen LogP contribution is 2.38. The molecule has 20 heavy (non-hydrogen) atoms. The summed E-state index contributed by atoms with van der Waals surface area (Å²) in [5.74, 6) is -0.0976. The number of hydrogen-bond donors (Lipinski definition) is 3. The van der Waals surface area contributed by atoms with Gasteiger partial charge in [-0.05, 0) is 18.2 Å². The van der Waals surface area contributed by atoms with E-state index < -0.39 is 6.04 Å². The molecule has 0 fully saturated rings. The van der Waals surface area contributed by atoms with E-state index in [0.717, 1.165) is 27.0 Å². The van der Waals surface area contributed by atoms with Gasteiger partial charge in [-0.1, -0.05) is 40.2 Å². The van der Waals surface area contributed by atoms with Gasteiger partial charge in [-0.25, -0.2) is 0 Å². The molecule has 1 aliphatic rings. The van der Waals surface area contributed by atoms with Crippen molar-refractivity contribution in [3.63, 3.8) is 0 Å². The molecule has 0 saturated heterocycles. The van der Waals surface area contributed by atoms with Crippen molar-refractivity contribution in [3.8, 4) is 0 Å². The van der Waals surface area contributed by atoms with E-state index in [0.29, 0.717) is 0 Å². The fraction of sp³-hybridized carbons (Fsp3) is 0.133. The van der Waals surface area contributed by atoms with E-state index in [-0.39, 0.29) is 12.5 Å². The lowest BCUT2D eigenvalue weighted by molar-refractivity contribution is -0.116. The number of fused-ring (bicyclic) bond motifs is 1. The standard InChI is InChI=1S/C15H13BrN2O2/c16-10-5-3-7-12-13(10)14(15(20)18-12)17-11-6-2-1-4-9(11)8-19/h1-7,14,17,19H,8H2,(H,18,20). The Morgan fingerprint density at radius 2 is 2.00 bits per heavy atom. The van der Waals surface area contributed by atoms with Crippen molar-refractivity contribution >= 4 is 33.2 Å². The number of para-hydroxylation sites is 1. The van der Waals surface area contributed by atoms with Gasteiger partial charge in [0.1, 0.15) is 6.04 Å². The molecule has 102 valence electrons. The first-order valence-electron chi connectivity index (χ1n) is 6.25. The first kappa shape index (κ1) is 13.1. The maximum Gasteiger partial charge on any atom is 0.251 e. The molecule has 1 heterocycles. The predicted octanol–water partition coefficient (Wildman–Crippen LogP) is 3.05. The normalized spacial score (nSPS) is 16.7. The van der Waals surface area contributed by atoms with Crippen LogP contribution >= 0.6 is 15.9 Å². The molecule has 0 aromatic heterocycles. The van der Waals surface area contributed by atoms with Gasteiger partial charge in [-0.2, -0.15) is 0 Å². The predicted molar refractivity (Wildman–Crippen MR) is 81.5 cm³/mol. The highest BCUT2D eigenvalue weighted by Gasteiger charge is 2.32. The maximum atomic E-state index is 12.1. The Morgan fingerprint density at radius 1 is 1.20 bits per heavy atom. The molecular weight excluding hydrogens is 320 g/mol. The van der Waals surface area contributed by atoms with Gasteiger partial charge in [0.2, 0.25) is 0 Å². The fourth-order valence-corrected chi connectivity index (χ4v) is 2.96. The van der Waals surface area contributed by atoms with Gasteiger partial charge in [0, 0.05) is 27.0 Å². The Labute approximate surface area is 125 Å². The molecule has 0 radical (unpaired) electrons. The van der Waals surface area contributed by atoms with Gasteiger partial charge in [0.25, 0.3) is 5.91 Å². The van der Waals surface area contributed by atoms with Gasteiger partial charge < -0.3 is 15.7 Å². The summed E-state index contributed by atoms with van der Waals surface area (Å²) in [6.07, 6.45) is 0. The smallest absolute Gasteiger partial charge is 0.251 e. The zero-order valence-electron chi connectivity index (χ0n) is 10.6. The molecule has 1 amide bonds. The van der Waals surface area contributed by atoms with Crippen LogP contribution in [0.2, 0.25) is 0 Å². The second-order valence-electron chi connectivity index (χ2n) is 4.58. The van der Waals surface area contributed by atoms with Crippen LogP contribution < -0.4 is 10.6 Å². The van der Waals surface area contributed by atoms with Crippen molar-refractivity contribution in [2.45, 2.75) is 12.6 Å². The number of nitrogens with one attached hydrogen (secondary N) is 2. The molecule has 1 unspecified atom stereocenters. The first-order chi connectivity index (χ1) is 9.70. The summed E-state index contributed by atoms with van der Waals surface area (Å²) in [5, 5.41) is 15.4. The number of aliphatic hydroxyl groups is 1. The van der Waals surface area contributed by atoms with E-state index in [9.17, 15) is 9.90 Å². The van der Waals surface area contributed by atoms with Crippen molar-refractivity contribution < 1.29 is 9.90 Å². The lowest BCUT2D eigenvalue weighted by Crippen LogP contribution is -2.20. The third kappa shape index (κ3) is 2.19. The molecule has 0 saturated carbocycles. The Bertz CT molecular complexity index is 673. The van der Waals surface area contributed by atoms with E-state index in [1.807, 2.05) is 42.5 Å². The Balaban J connectivity index is 1.98. The number of rotatable bonds is 3. The summed E-state index contributed by atoms with van der Waals surface area (Å²) in [6.45, 7) is -0.0691. The summed E-state index contributed by atoms with van der Waals surface area (Å²) in [5.41, 5.74) is 3.23. The molecule has 4 nitrogen and oxygen atoms in total. The molecule has 0 spiro atoms. The third-order valence-corrected chi connectivity index (χ3v) is 4.04. The van der Waals surface area contributed by atoms with Crippen molar-refractivity contribution in [1.29, 1.82) is 0 Å². The highest BCUT2D eigenvalue weighted by atomic mass is 79.9. The molecule has 2 aromatic carbocycles. The van der Waals surface area contributed by atoms with E-state index in [2.05, 4.69) is 26.6 Å². The molecule has 3 N–H and O–H groups in total. The molecule has 3 rings (SSSR count). The summed E-state index contributed by atoms with van der Waals surface area (Å²) in [4.78, 5) is 12.1. The monoisotopic (exact) mass is 332 g/mol. The SMILES string of the molecule is O=C1Nc2cccc(Br)c2C1Nc1ccccc1CO. The largest absolute Gasteiger partial charge is 0.392 e. The average molecular weight is 333 g/mol. The van der Waals surface area contributed by atoms with Gasteiger partial charge >= 0.3 is 0 Å². The van der Waals surface area contributed by atoms with Crippen LogP contribution in [0.1, 0.15) is 17.2 Å². The molecule has 2 aromatic rings. The Hall–Kier alpha value is -1.85. The van der Waals surface area contributed by atoms with Gasteiger partial charge in [-0.15, -0.1) is 0 Å². The third-order valence-electron chi connectivity index (χ3n) is 3.35. The van der Waals surface area contributed by atoms with E-state index in [1.165, 1.54) is 0 Å². The number of anilines is 2. The molecule has 1 aliphatic heterocycles. The van der Waals surface area contributed by atoms with Crippen LogP contribution in [0.3, 0.4) is 0 Å². The number of carbonyl (C=O) groups is 1. The van der Waals surface area contributed by atoms with Gasteiger partial charge in [0.05, 0.1) is 6.61 Å². The quantitative estimate of drug-likeness (QED) is 0.809. The van der Waals surface area contributed by atoms with Crippen LogP contribution in [0.15, 0.2) is 46.9 Å². The van der Waals surface area contributed by atoms with Crippen LogP contribution in [0.4, 0.5) is 11.4 Å². The lowest BCUT2D eigenvalue weighted by atomic mass is 10.1. The van der Waals surface area contributed by atoms with Crippen molar-refractivity contribution in [3.05, 3.63) is 58.1 Å². The second kappa shape index (κ2) is 5.26. The Kier molecular flexibility index (Phi) is 3.46. The average Bonchev–Trinajstić information content (AvgIpc) is 2.77. The summed E-state index contributed by atoms with van der Waals surface area (Å²) in [7, 11) is 0. The van der Waals surface area contributed by atoms with Gasteiger partial charge in [-0.3, -0.25) is 4.79 Å². The van der Waals surface area contributed by atoms with Crippen LogP contribution in [0.25, 0.3) is 0 Å². The van der Waals surface area contributed by atoms with Crippen LogP contribution in [-0.2, 0) is 11.4 Å². The van der Waals surface area contributed by atoms with Crippen LogP contribution in [0.5, 0.6) is 0 Å². The number of carbonyl (C=O) groups excluding carboxylic acids is 1. The lowest BCUT2D eigenvalue weighted by Gasteiger charge is -2.16. The summed E-state index contributed by atoms with van der Waals surface area (Å²) >= 11 is 3.48. The molecule has 0 bridgehead atoms. The molecular formula is C15H13BrN2O2. The summed E-state index contributed by atoms with van der Waals surface area (Å²) < 4.78 is 0.882. The van der Waals surface area contributed by atoms with E-state index >= 15 is 0 Å². The van der Waals surface area contributed by atoms with Gasteiger partial charge in [0.15, 0.2) is 0 Å².